The van der Waals surface area contributed by atoms with E-state index in [1.165, 1.54) is 24.3 Å². The van der Waals surface area contributed by atoms with Gasteiger partial charge in [-0.25, -0.2) is 8.42 Å². The van der Waals surface area contributed by atoms with Crippen molar-refractivity contribution >= 4 is 33.2 Å². The lowest BCUT2D eigenvalue weighted by atomic mass is 10.2. The number of benzene rings is 2. The topological polar surface area (TPSA) is 66.5 Å². The van der Waals surface area contributed by atoms with E-state index >= 15 is 0 Å². The highest BCUT2D eigenvalue weighted by Gasteiger charge is 2.35. The second-order valence-electron chi connectivity index (χ2n) is 5.74. The molecule has 7 heteroatoms. The molecule has 1 aliphatic heterocycles. The number of hydrogen-bond acceptors (Lipinski definition) is 3. The number of aryl methyl sites for hydroxylation is 1. The van der Waals surface area contributed by atoms with Gasteiger partial charge in [0.25, 0.3) is 0 Å². The zero-order valence-corrected chi connectivity index (χ0v) is 14.6. The maximum absolute atomic E-state index is 12.5. The third-order valence-electron chi connectivity index (χ3n) is 3.97. The van der Waals surface area contributed by atoms with Crippen LogP contribution in [0.25, 0.3) is 0 Å². The molecule has 1 aliphatic rings. The van der Waals surface area contributed by atoms with Gasteiger partial charge in [0.05, 0.1) is 4.90 Å². The summed E-state index contributed by atoms with van der Waals surface area (Å²) in [6, 6.07) is 12.7. The Morgan fingerprint density at radius 3 is 2.33 bits per heavy atom. The molecule has 2 aromatic rings. The molecule has 1 N–H and O–H groups in total. The lowest BCUT2D eigenvalue weighted by Crippen LogP contribution is -2.41. The first-order valence-corrected chi connectivity index (χ1v) is 9.39. The number of halogens is 1. The number of rotatable bonds is 4. The Bertz CT molecular complexity index is 848. The molecule has 0 aliphatic carbocycles. The van der Waals surface area contributed by atoms with E-state index < -0.39 is 16.1 Å². The zero-order chi connectivity index (χ0) is 17.3. The van der Waals surface area contributed by atoms with Gasteiger partial charge in [0.1, 0.15) is 6.04 Å². The second-order valence-corrected chi connectivity index (χ2v) is 7.89. The smallest absolute Gasteiger partial charge is 0.245 e. The fourth-order valence-electron chi connectivity index (χ4n) is 2.64. The minimum Gasteiger partial charge on any atom is -0.311 e. The van der Waals surface area contributed by atoms with E-state index in [1.807, 2.05) is 31.2 Å². The van der Waals surface area contributed by atoms with Crippen LogP contribution in [-0.2, 0) is 14.8 Å². The third-order valence-corrected chi connectivity index (χ3v) is 5.71. The number of amides is 1. The highest BCUT2D eigenvalue weighted by molar-refractivity contribution is 7.89. The SMILES string of the molecule is Cc1ccc(N2CC[C@@H](NS(=O)(=O)c3ccc(Cl)cc3)C2=O)cc1. The highest BCUT2D eigenvalue weighted by atomic mass is 35.5. The number of sulfonamides is 1. The molecule has 0 spiro atoms. The molecule has 2 aromatic carbocycles. The van der Waals surface area contributed by atoms with Crippen LogP contribution >= 0.6 is 11.6 Å². The Hall–Kier alpha value is -1.89. The number of anilines is 1. The molecule has 0 radical (unpaired) electrons. The summed E-state index contributed by atoms with van der Waals surface area (Å²) in [4.78, 5) is 14.2. The molecule has 3 rings (SSSR count). The van der Waals surface area contributed by atoms with Crippen LogP contribution in [0.1, 0.15) is 12.0 Å². The van der Waals surface area contributed by atoms with Crippen LogP contribution in [0.3, 0.4) is 0 Å². The normalized spacial score (nSPS) is 18.2. The van der Waals surface area contributed by atoms with Crippen LogP contribution in [0.2, 0.25) is 5.02 Å². The molecule has 24 heavy (non-hydrogen) atoms. The molecule has 1 atom stereocenters. The predicted molar refractivity (Wildman–Crippen MR) is 93.7 cm³/mol. The lowest BCUT2D eigenvalue weighted by Gasteiger charge is -2.17. The monoisotopic (exact) mass is 364 g/mol. The summed E-state index contributed by atoms with van der Waals surface area (Å²) in [5.74, 6) is -0.239. The van der Waals surface area contributed by atoms with E-state index in [4.69, 9.17) is 11.6 Å². The molecule has 0 bridgehead atoms. The van der Waals surface area contributed by atoms with Crippen molar-refractivity contribution in [1.29, 1.82) is 0 Å². The molecular formula is C17H17ClN2O3S. The van der Waals surface area contributed by atoms with E-state index in [1.54, 1.807) is 4.90 Å². The van der Waals surface area contributed by atoms with Crippen LogP contribution in [0.5, 0.6) is 0 Å². The first kappa shape index (κ1) is 17.0. The van der Waals surface area contributed by atoms with Crippen LogP contribution in [-0.4, -0.2) is 26.9 Å². The van der Waals surface area contributed by atoms with Gasteiger partial charge >= 0.3 is 0 Å². The minimum atomic E-state index is -3.76. The van der Waals surface area contributed by atoms with E-state index in [0.29, 0.717) is 18.0 Å². The van der Waals surface area contributed by atoms with Gasteiger partial charge in [0.2, 0.25) is 15.9 Å². The van der Waals surface area contributed by atoms with Gasteiger partial charge in [-0.05, 0) is 49.7 Å². The van der Waals surface area contributed by atoms with E-state index in [-0.39, 0.29) is 10.8 Å². The quantitative estimate of drug-likeness (QED) is 0.907. The average molecular weight is 365 g/mol. The van der Waals surface area contributed by atoms with Crippen molar-refractivity contribution in [2.75, 3.05) is 11.4 Å². The third kappa shape index (κ3) is 3.45. The van der Waals surface area contributed by atoms with Crippen LogP contribution in [0, 0.1) is 6.92 Å². The molecular weight excluding hydrogens is 348 g/mol. The van der Waals surface area contributed by atoms with Crippen LogP contribution in [0.4, 0.5) is 5.69 Å². The summed E-state index contributed by atoms with van der Waals surface area (Å²) < 4.78 is 27.3. The molecule has 1 amide bonds. The maximum Gasteiger partial charge on any atom is 0.245 e. The molecule has 5 nitrogen and oxygen atoms in total. The second kappa shape index (κ2) is 6.55. The Morgan fingerprint density at radius 1 is 1.08 bits per heavy atom. The van der Waals surface area contributed by atoms with Crippen molar-refractivity contribution in [1.82, 2.24) is 4.72 Å². The molecule has 0 aromatic heterocycles. The van der Waals surface area contributed by atoms with Crippen molar-refractivity contribution in [2.45, 2.75) is 24.3 Å². The Kier molecular flexibility index (Phi) is 4.62. The number of carbonyl (C=O) groups excluding carboxylic acids is 1. The lowest BCUT2D eigenvalue weighted by molar-refractivity contribution is -0.118. The highest BCUT2D eigenvalue weighted by Crippen LogP contribution is 2.23. The standard InChI is InChI=1S/C17H17ClN2O3S/c1-12-2-6-14(7-3-12)20-11-10-16(17(20)21)19-24(22,23)15-8-4-13(18)5-9-15/h2-9,16,19H,10-11H2,1H3/t16-/m1/s1. The summed E-state index contributed by atoms with van der Waals surface area (Å²) in [5, 5.41) is 0.455. The first-order valence-electron chi connectivity index (χ1n) is 7.53. The fraction of sp³-hybridized carbons (Fsp3) is 0.235. The fourth-order valence-corrected chi connectivity index (χ4v) is 3.99. The number of hydrogen-bond donors (Lipinski definition) is 1. The van der Waals surface area contributed by atoms with Crippen molar-refractivity contribution < 1.29 is 13.2 Å². The van der Waals surface area contributed by atoms with Crippen molar-refractivity contribution in [3.05, 3.63) is 59.1 Å². The van der Waals surface area contributed by atoms with Gasteiger partial charge in [-0.15, -0.1) is 0 Å². The van der Waals surface area contributed by atoms with Crippen LogP contribution in [0.15, 0.2) is 53.4 Å². The Labute approximate surface area is 146 Å². The molecule has 1 heterocycles. The van der Waals surface area contributed by atoms with Crippen molar-refractivity contribution in [2.24, 2.45) is 0 Å². The maximum atomic E-state index is 12.5. The molecule has 0 saturated carbocycles. The van der Waals surface area contributed by atoms with Crippen molar-refractivity contribution in [3.63, 3.8) is 0 Å². The predicted octanol–water partition coefficient (Wildman–Crippen LogP) is 2.73. The summed E-state index contributed by atoms with van der Waals surface area (Å²) in [7, 11) is -3.76. The molecule has 126 valence electrons. The molecule has 1 fully saturated rings. The van der Waals surface area contributed by atoms with Gasteiger partial charge in [-0.1, -0.05) is 29.3 Å². The van der Waals surface area contributed by atoms with E-state index in [2.05, 4.69) is 4.72 Å². The van der Waals surface area contributed by atoms with E-state index in [0.717, 1.165) is 11.3 Å². The Morgan fingerprint density at radius 2 is 1.71 bits per heavy atom. The van der Waals surface area contributed by atoms with Gasteiger partial charge in [0.15, 0.2) is 0 Å². The summed E-state index contributed by atoms with van der Waals surface area (Å²) in [5.41, 5.74) is 1.88. The summed E-state index contributed by atoms with van der Waals surface area (Å²) in [6.07, 6.45) is 0.430. The van der Waals surface area contributed by atoms with Crippen molar-refractivity contribution in [3.8, 4) is 0 Å². The molecule has 1 saturated heterocycles. The first-order chi connectivity index (χ1) is 11.4. The number of nitrogens with zero attached hydrogens (tertiary/aromatic N) is 1. The summed E-state index contributed by atoms with van der Waals surface area (Å²) >= 11 is 5.78. The molecule has 0 unspecified atom stereocenters. The van der Waals surface area contributed by atoms with Gasteiger partial charge in [-0.3, -0.25) is 4.79 Å². The van der Waals surface area contributed by atoms with Gasteiger partial charge in [0, 0.05) is 17.3 Å². The van der Waals surface area contributed by atoms with E-state index in [9.17, 15) is 13.2 Å². The summed E-state index contributed by atoms with van der Waals surface area (Å²) in [6.45, 7) is 2.45. The average Bonchev–Trinajstić information content (AvgIpc) is 2.89. The number of carbonyl (C=O) groups is 1. The van der Waals surface area contributed by atoms with Crippen LogP contribution < -0.4 is 9.62 Å². The minimum absolute atomic E-state index is 0.0912. The van der Waals surface area contributed by atoms with Gasteiger partial charge in [-0.2, -0.15) is 4.72 Å². The number of nitrogens with one attached hydrogen (secondary N) is 1. The zero-order valence-electron chi connectivity index (χ0n) is 13.1. The Balaban J connectivity index is 1.76. The van der Waals surface area contributed by atoms with Gasteiger partial charge < -0.3 is 4.90 Å². The largest absolute Gasteiger partial charge is 0.311 e.